The minimum absolute atomic E-state index is 0.0633. The molecule has 0 spiro atoms. The molecule has 6 nitrogen and oxygen atoms in total. The standard InChI is InChI=1S/C13H23N5O/c1-5-6-15-10-7-11(16-8-9(14)19)18-12(17-10)13(2,3)4/h7H,5-6,8H2,1-4H3,(H2,14,19)(H2,15,16,17,18). The molecule has 0 aliphatic heterocycles. The highest BCUT2D eigenvalue weighted by Crippen LogP contribution is 2.22. The van der Waals surface area contributed by atoms with Gasteiger partial charge in [0, 0.05) is 18.0 Å². The van der Waals surface area contributed by atoms with E-state index in [1.54, 1.807) is 6.07 Å². The van der Waals surface area contributed by atoms with Gasteiger partial charge < -0.3 is 16.4 Å². The van der Waals surface area contributed by atoms with Crippen LogP contribution in [0.1, 0.15) is 39.9 Å². The molecule has 0 fully saturated rings. The average molecular weight is 265 g/mol. The second-order valence-electron chi connectivity index (χ2n) is 5.46. The van der Waals surface area contributed by atoms with Crippen molar-refractivity contribution in [3.63, 3.8) is 0 Å². The number of nitrogens with zero attached hydrogens (tertiary/aromatic N) is 2. The number of nitrogens with two attached hydrogens (primary N) is 1. The van der Waals surface area contributed by atoms with Crippen LogP contribution in [-0.4, -0.2) is 29.0 Å². The predicted octanol–water partition coefficient (Wildman–Crippen LogP) is 1.49. The molecule has 6 heteroatoms. The van der Waals surface area contributed by atoms with Crippen LogP contribution < -0.4 is 16.4 Å². The third-order valence-electron chi connectivity index (χ3n) is 2.40. The highest BCUT2D eigenvalue weighted by Gasteiger charge is 2.19. The Kier molecular flexibility index (Phi) is 5.09. The number of hydrogen-bond acceptors (Lipinski definition) is 5. The molecule has 0 saturated heterocycles. The summed E-state index contributed by atoms with van der Waals surface area (Å²) in [5.74, 6) is 1.67. The Morgan fingerprint density at radius 3 is 2.32 bits per heavy atom. The van der Waals surface area contributed by atoms with Crippen LogP contribution in [-0.2, 0) is 10.2 Å². The maximum absolute atomic E-state index is 10.8. The van der Waals surface area contributed by atoms with Gasteiger partial charge >= 0.3 is 0 Å². The first-order chi connectivity index (χ1) is 8.82. The number of anilines is 2. The largest absolute Gasteiger partial charge is 0.370 e. The predicted molar refractivity (Wildman–Crippen MR) is 77.2 cm³/mol. The summed E-state index contributed by atoms with van der Waals surface area (Å²) >= 11 is 0. The lowest BCUT2D eigenvalue weighted by molar-refractivity contribution is -0.116. The third-order valence-corrected chi connectivity index (χ3v) is 2.40. The summed E-state index contributed by atoms with van der Waals surface area (Å²) in [7, 11) is 0. The monoisotopic (exact) mass is 265 g/mol. The van der Waals surface area contributed by atoms with Gasteiger partial charge in [0.05, 0.1) is 6.54 Å². The highest BCUT2D eigenvalue weighted by molar-refractivity contribution is 5.78. The van der Waals surface area contributed by atoms with Crippen molar-refractivity contribution in [2.45, 2.75) is 39.5 Å². The van der Waals surface area contributed by atoms with Gasteiger partial charge in [-0.05, 0) is 6.42 Å². The Balaban J connectivity index is 2.98. The van der Waals surface area contributed by atoms with Gasteiger partial charge in [-0.15, -0.1) is 0 Å². The van der Waals surface area contributed by atoms with Gasteiger partial charge in [-0.3, -0.25) is 4.79 Å². The molecule has 1 rings (SSSR count). The summed E-state index contributed by atoms with van der Waals surface area (Å²) in [6.07, 6.45) is 1.01. The normalized spacial score (nSPS) is 11.2. The van der Waals surface area contributed by atoms with Crippen molar-refractivity contribution in [1.82, 2.24) is 9.97 Å². The first-order valence-corrected chi connectivity index (χ1v) is 6.48. The lowest BCUT2D eigenvalue weighted by Gasteiger charge is -2.19. The van der Waals surface area contributed by atoms with E-state index in [1.807, 2.05) is 20.8 Å². The quantitative estimate of drug-likeness (QED) is 0.724. The van der Waals surface area contributed by atoms with E-state index in [9.17, 15) is 4.79 Å². The molecule has 1 aromatic heterocycles. The molecule has 19 heavy (non-hydrogen) atoms. The summed E-state index contributed by atoms with van der Waals surface area (Å²) in [5, 5.41) is 6.14. The van der Waals surface area contributed by atoms with E-state index in [1.165, 1.54) is 0 Å². The number of amides is 1. The van der Waals surface area contributed by atoms with Crippen molar-refractivity contribution in [2.24, 2.45) is 5.73 Å². The van der Waals surface area contributed by atoms with Crippen LogP contribution in [0.15, 0.2) is 6.07 Å². The minimum Gasteiger partial charge on any atom is -0.370 e. The minimum atomic E-state index is -0.418. The van der Waals surface area contributed by atoms with E-state index in [2.05, 4.69) is 27.5 Å². The van der Waals surface area contributed by atoms with Gasteiger partial charge in [0.15, 0.2) is 0 Å². The average Bonchev–Trinajstić information content (AvgIpc) is 2.32. The number of aromatic nitrogens is 2. The number of primary amides is 1. The smallest absolute Gasteiger partial charge is 0.236 e. The van der Waals surface area contributed by atoms with Crippen molar-refractivity contribution >= 4 is 17.5 Å². The van der Waals surface area contributed by atoms with E-state index in [0.29, 0.717) is 5.82 Å². The van der Waals surface area contributed by atoms with E-state index in [-0.39, 0.29) is 12.0 Å². The van der Waals surface area contributed by atoms with Gasteiger partial charge in [0.1, 0.15) is 17.5 Å². The molecule has 0 aliphatic carbocycles. The summed E-state index contributed by atoms with van der Waals surface area (Å²) in [6.45, 7) is 9.13. The number of carbonyl (C=O) groups is 1. The zero-order valence-electron chi connectivity index (χ0n) is 12.1. The molecule has 106 valence electrons. The molecule has 1 amide bonds. The molecular formula is C13H23N5O. The molecule has 0 aliphatic rings. The van der Waals surface area contributed by atoms with Gasteiger partial charge in [-0.1, -0.05) is 27.7 Å². The summed E-state index contributed by atoms with van der Waals surface area (Å²) in [6, 6.07) is 1.79. The molecule has 4 N–H and O–H groups in total. The second kappa shape index (κ2) is 6.36. The maximum Gasteiger partial charge on any atom is 0.236 e. The van der Waals surface area contributed by atoms with Crippen LogP contribution in [0.3, 0.4) is 0 Å². The van der Waals surface area contributed by atoms with Crippen molar-refractivity contribution in [2.75, 3.05) is 23.7 Å². The second-order valence-corrected chi connectivity index (χ2v) is 5.46. The zero-order chi connectivity index (χ0) is 14.5. The van der Waals surface area contributed by atoms with E-state index >= 15 is 0 Å². The first-order valence-electron chi connectivity index (χ1n) is 6.48. The van der Waals surface area contributed by atoms with Crippen LogP contribution >= 0.6 is 0 Å². The SMILES string of the molecule is CCCNc1cc(NCC(N)=O)nc(C(C)(C)C)n1. The van der Waals surface area contributed by atoms with Crippen LogP contribution in [0.4, 0.5) is 11.6 Å². The van der Waals surface area contributed by atoms with Crippen molar-refractivity contribution in [1.29, 1.82) is 0 Å². The maximum atomic E-state index is 10.8. The Labute approximate surface area is 114 Å². The molecule has 0 radical (unpaired) electrons. The fraction of sp³-hybridized carbons (Fsp3) is 0.615. The van der Waals surface area contributed by atoms with Gasteiger partial charge in [-0.25, -0.2) is 9.97 Å². The molecule has 0 unspecified atom stereocenters. The van der Waals surface area contributed by atoms with E-state index < -0.39 is 5.91 Å². The Bertz CT molecular complexity index is 439. The number of nitrogens with one attached hydrogen (secondary N) is 2. The van der Waals surface area contributed by atoms with E-state index in [4.69, 9.17) is 5.73 Å². The van der Waals surface area contributed by atoms with Crippen LogP contribution in [0.25, 0.3) is 0 Å². The summed E-state index contributed by atoms with van der Waals surface area (Å²) < 4.78 is 0. The Morgan fingerprint density at radius 2 is 1.84 bits per heavy atom. The summed E-state index contributed by atoms with van der Waals surface area (Å²) in [4.78, 5) is 19.7. The molecule has 0 bridgehead atoms. The topological polar surface area (TPSA) is 92.9 Å². The summed E-state index contributed by atoms with van der Waals surface area (Å²) in [5.41, 5.74) is 4.96. The lowest BCUT2D eigenvalue weighted by Crippen LogP contribution is -2.24. The van der Waals surface area contributed by atoms with Crippen LogP contribution in [0.5, 0.6) is 0 Å². The van der Waals surface area contributed by atoms with Crippen LogP contribution in [0, 0.1) is 0 Å². The molecule has 0 aromatic carbocycles. The van der Waals surface area contributed by atoms with Crippen molar-refractivity contribution < 1.29 is 4.79 Å². The fourth-order valence-electron chi connectivity index (χ4n) is 1.39. The van der Waals surface area contributed by atoms with Gasteiger partial charge in [0.25, 0.3) is 0 Å². The Hall–Kier alpha value is -1.85. The number of rotatable bonds is 6. The third kappa shape index (κ3) is 5.11. The molecule has 1 heterocycles. The van der Waals surface area contributed by atoms with Crippen molar-refractivity contribution in [3.05, 3.63) is 11.9 Å². The fourth-order valence-corrected chi connectivity index (χ4v) is 1.39. The molecule has 0 saturated carbocycles. The highest BCUT2D eigenvalue weighted by atomic mass is 16.1. The first kappa shape index (κ1) is 15.2. The lowest BCUT2D eigenvalue weighted by atomic mass is 9.96. The molecule has 0 atom stereocenters. The Morgan fingerprint density at radius 1 is 1.26 bits per heavy atom. The molecular weight excluding hydrogens is 242 g/mol. The van der Waals surface area contributed by atoms with E-state index in [0.717, 1.165) is 24.6 Å². The molecule has 1 aromatic rings. The van der Waals surface area contributed by atoms with Gasteiger partial charge in [0.2, 0.25) is 5.91 Å². The zero-order valence-corrected chi connectivity index (χ0v) is 12.1. The van der Waals surface area contributed by atoms with Crippen LogP contribution in [0.2, 0.25) is 0 Å². The van der Waals surface area contributed by atoms with Crippen molar-refractivity contribution in [3.8, 4) is 0 Å². The van der Waals surface area contributed by atoms with Gasteiger partial charge in [-0.2, -0.15) is 0 Å². The number of carbonyl (C=O) groups excluding carboxylic acids is 1. The number of hydrogen-bond donors (Lipinski definition) is 3.